The van der Waals surface area contributed by atoms with Gasteiger partial charge in [0.1, 0.15) is 0 Å². The number of hydrogen-bond acceptors (Lipinski definition) is 2. The lowest BCUT2D eigenvalue weighted by molar-refractivity contribution is 0.0183. The summed E-state index contributed by atoms with van der Waals surface area (Å²) < 4.78 is 5.78. The van der Waals surface area contributed by atoms with Crippen molar-refractivity contribution in [1.29, 1.82) is 0 Å². The molecule has 0 aromatic heterocycles. The van der Waals surface area contributed by atoms with Crippen LogP contribution in [0, 0.1) is 5.92 Å². The van der Waals surface area contributed by atoms with E-state index in [1.54, 1.807) is 0 Å². The molecule has 1 fully saturated rings. The highest BCUT2D eigenvalue weighted by Crippen LogP contribution is 2.10. The Bertz CT molecular complexity index is 130. The van der Waals surface area contributed by atoms with E-state index in [-0.39, 0.29) is 0 Å². The van der Waals surface area contributed by atoms with Gasteiger partial charge in [-0.15, -0.1) is 0 Å². The largest absolute Gasteiger partial charge is 0.377 e. The molecule has 0 bridgehead atoms. The molecule has 1 saturated heterocycles. The summed E-state index contributed by atoms with van der Waals surface area (Å²) in [5, 5.41) is 3.49. The predicted octanol–water partition coefficient (Wildman–Crippen LogP) is 2.19. The molecule has 1 rings (SSSR count). The summed E-state index contributed by atoms with van der Waals surface area (Å²) in [6.07, 6.45) is 4.36. The Balaban J connectivity index is 2.10. The standard InChI is InChI=1S/C11H23NO/c1-9(2)10(3)13-8-11-6-4-5-7-12-11/h9-12H,4-8H2,1-3H3/t10-,11+/m1/s1. The SMILES string of the molecule is CC(C)[C@@H](C)OC[C@@H]1CCCCN1. The zero-order chi connectivity index (χ0) is 9.68. The minimum absolute atomic E-state index is 0.392. The van der Waals surface area contributed by atoms with Crippen molar-refractivity contribution in [2.75, 3.05) is 13.2 Å². The van der Waals surface area contributed by atoms with Gasteiger partial charge in [-0.25, -0.2) is 0 Å². The molecule has 0 aromatic carbocycles. The first-order chi connectivity index (χ1) is 6.20. The van der Waals surface area contributed by atoms with E-state index in [1.165, 1.54) is 25.8 Å². The number of hydrogen-bond donors (Lipinski definition) is 1. The average molecular weight is 185 g/mol. The minimum atomic E-state index is 0.392. The fourth-order valence-electron chi connectivity index (χ4n) is 1.53. The first-order valence-electron chi connectivity index (χ1n) is 5.55. The number of rotatable bonds is 4. The molecule has 0 aromatic rings. The monoisotopic (exact) mass is 185 g/mol. The fourth-order valence-corrected chi connectivity index (χ4v) is 1.53. The predicted molar refractivity (Wildman–Crippen MR) is 55.9 cm³/mol. The Morgan fingerprint density at radius 3 is 2.62 bits per heavy atom. The van der Waals surface area contributed by atoms with E-state index in [1.807, 2.05) is 0 Å². The van der Waals surface area contributed by atoms with Crippen molar-refractivity contribution in [3.63, 3.8) is 0 Å². The second kappa shape index (κ2) is 5.61. The van der Waals surface area contributed by atoms with Gasteiger partial charge in [-0.3, -0.25) is 0 Å². The number of ether oxygens (including phenoxy) is 1. The Morgan fingerprint density at radius 2 is 2.08 bits per heavy atom. The van der Waals surface area contributed by atoms with Gasteiger partial charge in [0.05, 0.1) is 12.7 Å². The highest BCUT2D eigenvalue weighted by Gasteiger charge is 2.14. The third kappa shape index (κ3) is 4.10. The van der Waals surface area contributed by atoms with E-state index in [4.69, 9.17) is 4.74 Å². The van der Waals surface area contributed by atoms with Crippen molar-refractivity contribution in [1.82, 2.24) is 5.32 Å². The molecule has 2 nitrogen and oxygen atoms in total. The maximum absolute atomic E-state index is 5.78. The Labute approximate surface area is 82.0 Å². The van der Waals surface area contributed by atoms with Gasteiger partial charge >= 0.3 is 0 Å². The van der Waals surface area contributed by atoms with Crippen LogP contribution in [0.3, 0.4) is 0 Å². The van der Waals surface area contributed by atoms with E-state index in [9.17, 15) is 0 Å². The topological polar surface area (TPSA) is 21.3 Å². The zero-order valence-corrected chi connectivity index (χ0v) is 9.18. The summed E-state index contributed by atoms with van der Waals surface area (Å²) >= 11 is 0. The van der Waals surface area contributed by atoms with Gasteiger partial charge in [0, 0.05) is 6.04 Å². The van der Waals surface area contributed by atoms with E-state index in [2.05, 4.69) is 26.1 Å². The Morgan fingerprint density at radius 1 is 1.31 bits per heavy atom. The van der Waals surface area contributed by atoms with Crippen LogP contribution in [0.15, 0.2) is 0 Å². The molecule has 78 valence electrons. The van der Waals surface area contributed by atoms with E-state index in [0.29, 0.717) is 18.1 Å². The van der Waals surface area contributed by atoms with Crippen LogP contribution in [0.5, 0.6) is 0 Å². The smallest absolute Gasteiger partial charge is 0.0623 e. The van der Waals surface area contributed by atoms with Crippen LogP contribution < -0.4 is 5.32 Å². The summed E-state index contributed by atoms with van der Waals surface area (Å²) in [6, 6.07) is 0.606. The van der Waals surface area contributed by atoms with Crippen molar-refractivity contribution < 1.29 is 4.74 Å². The third-order valence-corrected chi connectivity index (χ3v) is 2.91. The van der Waals surface area contributed by atoms with Crippen LogP contribution in [0.2, 0.25) is 0 Å². The second-order valence-corrected chi connectivity index (χ2v) is 4.43. The molecule has 1 N–H and O–H groups in total. The lowest BCUT2D eigenvalue weighted by atomic mass is 10.1. The molecular weight excluding hydrogens is 162 g/mol. The number of piperidine rings is 1. The lowest BCUT2D eigenvalue weighted by Gasteiger charge is -2.26. The summed E-state index contributed by atoms with van der Waals surface area (Å²) in [4.78, 5) is 0. The minimum Gasteiger partial charge on any atom is -0.377 e. The maximum Gasteiger partial charge on any atom is 0.0623 e. The van der Waals surface area contributed by atoms with Crippen LogP contribution in [0.4, 0.5) is 0 Å². The molecular formula is C11H23NO. The van der Waals surface area contributed by atoms with Crippen LogP contribution in [0.1, 0.15) is 40.0 Å². The Hall–Kier alpha value is -0.0800. The molecule has 1 heterocycles. The Kier molecular flexibility index (Phi) is 4.74. The molecule has 0 aliphatic carbocycles. The van der Waals surface area contributed by atoms with E-state index >= 15 is 0 Å². The van der Waals surface area contributed by atoms with Crippen molar-refractivity contribution in [3.05, 3.63) is 0 Å². The molecule has 1 aliphatic rings. The summed E-state index contributed by atoms with van der Waals surface area (Å²) in [6.45, 7) is 8.63. The van der Waals surface area contributed by atoms with Crippen molar-refractivity contribution >= 4 is 0 Å². The normalized spacial score (nSPS) is 26.3. The first-order valence-corrected chi connectivity index (χ1v) is 5.55. The summed E-state index contributed by atoms with van der Waals surface area (Å²) in [7, 11) is 0. The lowest BCUT2D eigenvalue weighted by Crippen LogP contribution is -2.38. The highest BCUT2D eigenvalue weighted by molar-refractivity contribution is 4.72. The highest BCUT2D eigenvalue weighted by atomic mass is 16.5. The number of nitrogens with one attached hydrogen (secondary N) is 1. The van der Waals surface area contributed by atoms with Gasteiger partial charge in [0.25, 0.3) is 0 Å². The molecule has 0 saturated carbocycles. The van der Waals surface area contributed by atoms with Gasteiger partial charge in [0.2, 0.25) is 0 Å². The molecule has 0 radical (unpaired) electrons. The molecule has 0 unspecified atom stereocenters. The van der Waals surface area contributed by atoms with Crippen molar-refractivity contribution in [2.45, 2.75) is 52.2 Å². The second-order valence-electron chi connectivity index (χ2n) is 4.43. The zero-order valence-electron chi connectivity index (χ0n) is 9.18. The quantitative estimate of drug-likeness (QED) is 0.725. The van der Waals surface area contributed by atoms with Crippen LogP contribution in [0.25, 0.3) is 0 Å². The molecule has 2 atom stereocenters. The van der Waals surface area contributed by atoms with E-state index < -0.39 is 0 Å². The molecule has 0 spiro atoms. The van der Waals surface area contributed by atoms with Crippen molar-refractivity contribution in [2.24, 2.45) is 5.92 Å². The maximum atomic E-state index is 5.78. The van der Waals surface area contributed by atoms with Gasteiger partial charge in [0.15, 0.2) is 0 Å². The van der Waals surface area contributed by atoms with Crippen LogP contribution in [-0.2, 0) is 4.74 Å². The van der Waals surface area contributed by atoms with Gasteiger partial charge < -0.3 is 10.1 Å². The van der Waals surface area contributed by atoms with Crippen LogP contribution in [-0.4, -0.2) is 25.3 Å². The van der Waals surface area contributed by atoms with Crippen LogP contribution >= 0.6 is 0 Å². The average Bonchev–Trinajstić information content (AvgIpc) is 2.15. The molecule has 1 aliphatic heterocycles. The van der Waals surface area contributed by atoms with Gasteiger partial charge in [-0.1, -0.05) is 20.3 Å². The molecule has 2 heteroatoms. The fraction of sp³-hybridized carbons (Fsp3) is 1.00. The van der Waals surface area contributed by atoms with E-state index in [0.717, 1.165) is 6.61 Å². The van der Waals surface area contributed by atoms with Gasteiger partial charge in [-0.05, 0) is 32.2 Å². The van der Waals surface area contributed by atoms with Crippen molar-refractivity contribution in [3.8, 4) is 0 Å². The summed E-state index contributed by atoms with van der Waals surface area (Å²) in [5.41, 5.74) is 0. The summed E-state index contributed by atoms with van der Waals surface area (Å²) in [5.74, 6) is 0.628. The third-order valence-electron chi connectivity index (χ3n) is 2.91. The molecule has 13 heavy (non-hydrogen) atoms. The molecule has 0 amide bonds. The van der Waals surface area contributed by atoms with Gasteiger partial charge in [-0.2, -0.15) is 0 Å². The first kappa shape index (κ1) is 11.0.